The van der Waals surface area contributed by atoms with Crippen LogP contribution in [0.25, 0.3) is 11.6 Å². The summed E-state index contributed by atoms with van der Waals surface area (Å²) in [5.41, 5.74) is 0. The van der Waals surface area contributed by atoms with Crippen LogP contribution in [-0.4, -0.2) is 32.7 Å². The molecule has 0 fully saturated rings. The first-order valence-corrected chi connectivity index (χ1v) is 6.60. The van der Waals surface area contributed by atoms with Crippen molar-refractivity contribution in [1.29, 1.82) is 0 Å². The Labute approximate surface area is 112 Å². The van der Waals surface area contributed by atoms with Gasteiger partial charge in [-0.25, -0.2) is 9.97 Å². The molecule has 0 radical (unpaired) electrons. The van der Waals surface area contributed by atoms with E-state index < -0.39 is 0 Å². The smallest absolute Gasteiger partial charge is 0.240 e. The first-order chi connectivity index (χ1) is 9.26. The van der Waals surface area contributed by atoms with E-state index in [-0.39, 0.29) is 5.92 Å². The van der Waals surface area contributed by atoms with Crippen molar-refractivity contribution in [2.24, 2.45) is 0 Å². The average Bonchev–Trinajstić information content (AvgIpc) is 2.90. The minimum absolute atomic E-state index is 0.199. The van der Waals surface area contributed by atoms with Crippen molar-refractivity contribution in [2.75, 3.05) is 6.54 Å². The Hall–Kier alpha value is -1.82. The second-order valence-corrected chi connectivity index (χ2v) is 4.39. The lowest BCUT2D eigenvalue weighted by Crippen LogP contribution is -2.31. The molecule has 0 saturated heterocycles. The summed E-state index contributed by atoms with van der Waals surface area (Å²) in [4.78, 5) is 12.6. The first kappa shape index (κ1) is 13.6. The van der Waals surface area contributed by atoms with E-state index in [1.807, 2.05) is 0 Å². The number of hydrogen-bond acceptors (Lipinski definition) is 6. The van der Waals surface area contributed by atoms with Crippen LogP contribution in [-0.2, 0) is 0 Å². The van der Waals surface area contributed by atoms with Gasteiger partial charge in [-0.3, -0.25) is 0 Å². The molecule has 19 heavy (non-hydrogen) atoms. The van der Waals surface area contributed by atoms with Crippen LogP contribution in [0.5, 0.6) is 0 Å². The van der Waals surface area contributed by atoms with Gasteiger partial charge in [0, 0.05) is 18.4 Å². The highest BCUT2D eigenvalue weighted by Crippen LogP contribution is 2.23. The van der Waals surface area contributed by atoms with Gasteiger partial charge in [-0.1, -0.05) is 19.0 Å². The fourth-order valence-electron chi connectivity index (χ4n) is 2.10. The molecule has 0 aromatic carbocycles. The molecule has 2 aromatic heterocycles. The van der Waals surface area contributed by atoms with Crippen LogP contribution in [0.1, 0.15) is 39.0 Å². The maximum Gasteiger partial charge on any atom is 0.240 e. The highest BCUT2D eigenvalue weighted by atomic mass is 16.5. The number of nitrogens with zero attached hydrogens (tertiary/aromatic N) is 4. The fraction of sp³-hybridized carbons (Fsp3) is 0.538. The van der Waals surface area contributed by atoms with E-state index in [1.165, 1.54) is 0 Å². The number of nitrogens with one attached hydrogen (secondary N) is 1. The van der Waals surface area contributed by atoms with Gasteiger partial charge in [0.1, 0.15) is 0 Å². The first-order valence-electron chi connectivity index (χ1n) is 6.60. The van der Waals surface area contributed by atoms with Gasteiger partial charge in [-0.15, -0.1) is 0 Å². The zero-order valence-corrected chi connectivity index (χ0v) is 11.5. The van der Waals surface area contributed by atoms with Gasteiger partial charge in [-0.2, -0.15) is 4.98 Å². The molecule has 0 amide bonds. The Bertz CT molecular complexity index is 499. The minimum atomic E-state index is 0.199. The summed E-state index contributed by atoms with van der Waals surface area (Å²) in [6, 6.07) is 2.05. The summed E-state index contributed by atoms with van der Waals surface area (Å²) < 4.78 is 5.36. The van der Waals surface area contributed by atoms with E-state index >= 15 is 0 Å². The van der Waals surface area contributed by atoms with Crippen molar-refractivity contribution in [2.45, 2.75) is 39.2 Å². The minimum Gasteiger partial charge on any atom is -0.338 e. The molecule has 2 unspecified atom stereocenters. The molecule has 0 spiro atoms. The van der Waals surface area contributed by atoms with Crippen LogP contribution in [0.15, 0.2) is 23.0 Å². The quantitative estimate of drug-likeness (QED) is 0.857. The van der Waals surface area contributed by atoms with Gasteiger partial charge < -0.3 is 9.84 Å². The summed E-state index contributed by atoms with van der Waals surface area (Å²) in [6.45, 7) is 7.24. The molecule has 0 bridgehead atoms. The fourth-order valence-corrected chi connectivity index (χ4v) is 2.10. The lowest BCUT2D eigenvalue weighted by atomic mass is 9.98. The van der Waals surface area contributed by atoms with E-state index in [9.17, 15) is 0 Å². The molecular formula is C13H19N5O. The Morgan fingerprint density at radius 3 is 2.58 bits per heavy atom. The summed E-state index contributed by atoms with van der Waals surface area (Å²) in [7, 11) is 0. The van der Waals surface area contributed by atoms with Crippen LogP contribution < -0.4 is 5.32 Å². The van der Waals surface area contributed by atoms with E-state index in [1.54, 1.807) is 18.5 Å². The van der Waals surface area contributed by atoms with Gasteiger partial charge in [0.25, 0.3) is 0 Å². The summed E-state index contributed by atoms with van der Waals surface area (Å²) in [5, 5.41) is 7.34. The van der Waals surface area contributed by atoms with Crippen molar-refractivity contribution in [1.82, 2.24) is 25.4 Å². The molecule has 6 heteroatoms. The van der Waals surface area contributed by atoms with Crippen LogP contribution in [0, 0.1) is 0 Å². The predicted molar refractivity (Wildman–Crippen MR) is 71.5 cm³/mol. The molecule has 1 N–H and O–H groups in total. The molecular weight excluding hydrogens is 242 g/mol. The molecule has 0 aliphatic carbocycles. The highest BCUT2D eigenvalue weighted by Gasteiger charge is 2.23. The monoisotopic (exact) mass is 261 g/mol. The lowest BCUT2D eigenvalue weighted by molar-refractivity contribution is 0.318. The normalized spacial score (nSPS) is 14.3. The molecule has 2 rings (SSSR count). The van der Waals surface area contributed by atoms with Crippen molar-refractivity contribution in [3.63, 3.8) is 0 Å². The highest BCUT2D eigenvalue weighted by molar-refractivity contribution is 5.40. The summed E-state index contributed by atoms with van der Waals surface area (Å²) >= 11 is 0. The molecule has 102 valence electrons. The van der Waals surface area contributed by atoms with Crippen molar-refractivity contribution in [3.8, 4) is 11.6 Å². The van der Waals surface area contributed by atoms with Gasteiger partial charge in [0.15, 0.2) is 0 Å². The molecule has 6 nitrogen and oxygen atoms in total. The molecule has 2 atom stereocenters. The van der Waals surface area contributed by atoms with Crippen molar-refractivity contribution >= 4 is 0 Å². The molecule has 2 heterocycles. The van der Waals surface area contributed by atoms with Crippen LogP contribution in [0.2, 0.25) is 0 Å². The third-order valence-electron chi connectivity index (χ3n) is 3.09. The second kappa shape index (κ2) is 6.38. The van der Waals surface area contributed by atoms with E-state index in [0.29, 0.717) is 23.6 Å². The van der Waals surface area contributed by atoms with Gasteiger partial charge in [0.2, 0.25) is 17.5 Å². The van der Waals surface area contributed by atoms with Crippen LogP contribution >= 0.6 is 0 Å². The van der Waals surface area contributed by atoms with Crippen molar-refractivity contribution in [3.05, 3.63) is 24.4 Å². The van der Waals surface area contributed by atoms with Crippen LogP contribution in [0.4, 0.5) is 0 Å². The Balaban J connectivity index is 2.20. The lowest BCUT2D eigenvalue weighted by Gasteiger charge is -2.19. The number of rotatable bonds is 6. The van der Waals surface area contributed by atoms with Crippen LogP contribution in [0.3, 0.4) is 0 Å². The van der Waals surface area contributed by atoms with Gasteiger partial charge in [-0.05, 0) is 26.0 Å². The molecule has 0 aliphatic heterocycles. The zero-order valence-electron chi connectivity index (χ0n) is 11.5. The molecule has 0 saturated carbocycles. The second-order valence-electron chi connectivity index (χ2n) is 4.39. The Kier molecular flexibility index (Phi) is 4.57. The SMILES string of the molecule is CCNC(C)C(CC)c1nc(-c2ncccn2)no1. The third-order valence-corrected chi connectivity index (χ3v) is 3.09. The van der Waals surface area contributed by atoms with E-state index in [0.717, 1.165) is 13.0 Å². The average molecular weight is 261 g/mol. The molecule has 2 aromatic rings. The Morgan fingerprint density at radius 1 is 1.21 bits per heavy atom. The zero-order chi connectivity index (χ0) is 13.7. The standard InChI is InChI=1S/C13H19N5O/c1-4-10(9(3)14-5-2)13-17-12(18-19-13)11-15-7-6-8-16-11/h6-10,14H,4-5H2,1-3H3. The number of hydrogen-bond donors (Lipinski definition) is 1. The topological polar surface area (TPSA) is 76.7 Å². The number of likely N-dealkylation sites (N-methyl/N-ethyl adjacent to an activating group) is 1. The summed E-state index contributed by atoms with van der Waals surface area (Å²) in [5.74, 6) is 1.77. The predicted octanol–water partition coefficient (Wildman–Crippen LogP) is 2.02. The molecule has 0 aliphatic rings. The maximum absolute atomic E-state index is 5.36. The maximum atomic E-state index is 5.36. The largest absolute Gasteiger partial charge is 0.338 e. The van der Waals surface area contributed by atoms with Crippen molar-refractivity contribution < 1.29 is 4.52 Å². The Morgan fingerprint density at radius 2 is 1.95 bits per heavy atom. The van der Waals surface area contributed by atoms with E-state index in [4.69, 9.17) is 4.52 Å². The van der Waals surface area contributed by atoms with E-state index in [2.05, 4.69) is 46.2 Å². The van der Waals surface area contributed by atoms with Gasteiger partial charge in [0.05, 0.1) is 5.92 Å². The summed E-state index contributed by atoms with van der Waals surface area (Å²) in [6.07, 6.45) is 4.26. The number of aromatic nitrogens is 4. The third kappa shape index (κ3) is 3.14. The van der Waals surface area contributed by atoms with Gasteiger partial charge >= 0.3 is 0 Å².